The van der Waals surface area contributed by atoms with Crippen molar-refractivity contribution in [1.29, 1.82) is 0 Å². The van der Waals surface area contributed by atoms with Gasteiger partial charge in [-0.05, 0) is 53.8 Å². The number of halogens is 1. The summed E-state index contributed by atoms with van der Waals surface area (Å²) in [6, 6.07) is 7.79. The Balaban J connectivity index is 1.83. The number of benzene rings is 1. The number of nitrogens with zero attached hydrogens (tertiary/aromatic N) is 1. The highest BCUT2D eigenvalue weighted by atomic mass is 127. The number of nitrogens with one attached hydrogen (secondary N) is 1. The van der Waals surface area contributed by atoms with E-state index in [-0.39, 0.29) is 12.0 Å². The number of hydrogen-bond donors (Lipinski definition) is 1. The van der Waals surface area contributed by atoms with Crippen molar-refractivity contribution in [2.45, 2.75) is 13.0 Å². The van der Waals surface area contributed by atoms with Crippen molar-refractivity contribution in [2.24, 2.45) is 0 Å². The van der Waals surface area contributed by atoms with E-state index in [4.69, 9.17) is 4.74 Å². The van der Waals surface area contributed by atoms with Gasteiger partial charge in [0.1, 0.15) is 0 Å². The molecule has 1 amide bonds. The number of anilines is 1. The van der Waals surface area contributed by atoms with Crippen LogP contribution in [0.3, 0.4) is 0 Å². The van der Waals surface area contributed by atoms with Crippen molar-refractivity contribution < 1.29 is 9.53 Å². The average Bonchev–Trinajstić information content (AvgIpc) is 2.32. The van der Waals surface area contributed by atoms with Gasteiger partial charge in [-0.1, -0.05) is 0 Å². The van der Waals surface area contributed by atoms with E-state index in [1.807, 2.05) is 31.2 Å². The van der Waals surface area contributed by atoms with Crippen LogP contribution in [0, 0.1) is 3.57 Å². The molecular formula is C13H17IN2O2. The van der Waals surface area contributed by atoms with Gasteiger partial charge in [-0.3, -0.25) is 9.69 Å². The van der Waals surface area contributed by atoms with E-state index in [2.05, 4.69) is 32.8 Å². The summed E-state index contributed by atoms with van der Waals surface area (Å²) in [6.07, 6.45) is 0.213. The van der Waals surface area contributed by atoms with Crippen LogP contribution in [0.2, 0.25) is 0 Å². The van der Waals surface area contributed by atoms with Crippen LogP contribution in [-0.4, -0.2) is 43.2 Å². The van der Waals surface area contributed by atoms with Gasteiger partial charge in [0.05, 0.1) is 19.3 Å². The molecule has 1 N–H and O–H groups in total. The standard InChI is InChI=1S/C13H17IN2O2/c1-10-8-16(6-7-18-10)9-13(17)15-12-4-2-11(14)3-5-12/h2-5,10H,6-9H2,1H3,(H,15,17). The summed E-state index contributed by atoms with van der Waals surface area (Å²) in [5, 5.41) is 2.91. The third-order valence-corrected chi connectivity index (χ3v) is 3.54. The second kappa shape index (κ2) is 6.49. The number of carbonyl (C=O) groups excluding carboxylic acids is 1. The lowest BCUT2D eigenvalue weighted by Gasteiger charge is -2.30. The second-order valence-electron chi connectivity index (χ2n) is 4.47. The van der Waals surface area contributed by atoms with Crippen molar-refractivity contribution in [2.75, 3.05) is 31.6 Å². The fourth-order valence-electron chi connectivity index (χ4n) is 1.97. The molecule has 2 rings (SSSR count). The lowest BCUT2D eigenvalue weighted by atomic mass is 10.3. The summed E-state index contributed by atoms with van der Waals surface area (Å²) < 4.78 is 6.61. The quantitative estimate of drug-likeness (QED) is 0.838. The summed E-state index contributed by atoms with van der Waals surface area (Å²) in [7, 11) is 0. The molecule has 1 unspecified atom stereocenters. The molecule has 4 nitrogen and oxygen atoms in total. The fourth-order valence-corrected chi connectivity index (χ4v) is 2.33. The smallest absolute Gasteiger partial charge is 0.238 e. The van der Waals surface area contributed by atoms with Crippen LogP contribution in [0.15, 0.2) is 24.3 Å². The molecule has 5 heteroatoms. The molecule has 1 saturated heterocycles. The zero-order valence-corrected chi connectivity index (χ0v) is 12.5. The van der Waals surface area contributed by atoms with Gasteiger partial charge in [-0.15, -0.1) is 0 Å². The Labute approximate surface area is 121 Å². The summed E-state index contributed by atoms with van der Waals surface area (Å²) in [4.78, 5) is 14.0. The SMILES string of the molecule is CC1CN(CC(=O)Nc2ccc(I)cc2)CCO1. The van der Waals surface area contributed by atoms with E-state index in [1.54, 1.807) is 0 Å². The van der Waals surface area contributed by atoms with E-state index < -0.39 is 0 Å². The zero-order valence-electron chi connectivity index (χ0n) is 10.4. The molecule has 0 aromatic heterocycles. The van der Waals surface area contributed by atoms with Crippen LogP contribution in [0.1, 0.15) is 6.92 Å². The first kappa shape index (κ1) is 13.8. The Morgan fingerprint density at radius 2 is 2.22 bits per heavy atom. The van der Waals surface area contributed by atoms with Gasteiger partial charge in [-0.2, -0.15) is 0 Å². The highest BCUT2D eigenvalue weighted by Crippen LogP contribution is 2.11. The molecule has 1 aromatic rings. The topological polar surface area (TPSA) is 41.6 Å². The van der Waals surface area contributed by atoms with Crippen LogP contribution in [0.25, 0.3) is 0 Å². The largest absolute Gasteiger partial charge is 0.376 e. The Bertz CT molecular complexity index is 408. The maximum atomic E-state index is 11.9. The van der Waals surface area contributed by atoms with Crippen molar-refractivity contribution in [3.63, 3.8) is 0 Å². The fraction of sp³-hybridized carbons (Fsp3) is 0.462. The highest BCUT2D eigenvalue weighted by molar-refractivity contribution is 14.1. The van der Waals surface area contributed by atoms with Crippen LogP contribution in [0.5, 0.6) is 0 Å². The number of amides is 1. The van der Waals surface area contributed by atoms with Gasteiger partial charge in [0.2, 0.25) is 5.91 Å². The van der Waals surface area contributed by atoms with E-state index in [1.165, 1.54) is 0 Å². The Morgan fingerprint density at radius 3 is 2.89 bits per heavy atom. The van der Waals surface area contributed by atoms with Crippen molar-refractivity contribution in [3.8, 4) is 0 Å². The van der Waals surface area contributed by atoms with Gasteiger partial charge in [0, 0.05) is 22.3 Å². The molecular weight excluding hydrogens is 343 g/mol. The van der Waals surface area contributed by atoms with Crippen LogP contribution >= 0.6 is 22.6 Å². The van der Waals surface area contributed by atoms with Crippen molar-refractivity contribution in [1.82, 2.24) is 4.90 Å². The number of rotatable bonds is 3. The number of ether oxygens (including phenoxy) is 1. The third-order valence-electron chi connectivity index (χ3n) is 2.82. The first-order valence-corrected chi connectivity index (χ1v) is 7.11. The Hall–Kier alpha value is -0.660. The average molecular weight is 360 g/mol. The normalized spacial score (nSPS) is 20.7. The molecule has 1 aliphatic heterocycles. The lowest BCUT2D eigenvalue weighted by molar-refractivity contribution is -0.119. The van der Waals surface area contributed by atoms with Crippen LogP contribution in [0.4, 0.5) is 5.69 Å². The first-order valence-electron chi connectivity index (χ1n) is 6.03. The molecule has 0 radical (unpaired) electrons. The summed E-state index contributed by atoms with van der Waals surface area (Å²) in [6.45, 7) is 4.81. The molecule has 0 saturated carbocycles. The van der Waals surface area contributed by atoms with Crippen molar-refractivity contribution >= 4 is 34.2 Å². The molecule has 18 heavy (non-hydrogen) atoms. The highest BCUT2D eigenvalue weighted by Gasteiger charge is 2.18. The molecule has 1 atom stereocenters. The molecule has 98 valence electrons. The Kier molecular flexibility index (Phi) is 4.96. The van der Waals surface area contributed by atoms with Gasteiger partial charge in [0.25, 0.3) is 0 Å². The van der Waals surface area contributed by atoms with E-state index in [0.717, 1.165) is 22.3 Å². The maximum absolute atomic E-state index is 11.9. The molecule has 1 aliphatic rings. The first-order chi connectivity index (χ1) is 8.63. The van der Waals surface area contributed by atoms with E-state index >= 15 is 0 Å². The Morgan fingerprint density at radius 1 is 1.50 bits per heavy atom. The van der Waals surface area contributed by atoms with Gasteiger partial charge in [-0.25, -0.2) is 0 Å². The van der Waals surface area contributed by atoms with Crippen LogP contribution in [-0.2, 0) is 9.53 Å². The van der Waals surface area contributed by atoms with Crippen molar-refractivity contribution in [3.05, 3.63) is 27.8 Å². The zero-order chi connectivity index (χ0) is 13.0. The maximum Gasteiger partial charge on any atom is 0.238 e. The minimum absolute atomic E-state index is 0.0327. The van der Waals surface area contributed by atoms with E-state index in [0.29, 0.717) is 13.2 Å². The lowest BCUT2D eigenvalue weighted by Crippen LogP contribution is -2.44. The molecule has 1 aromatic carbocycles. The summed E-state index contributed by atoms with van der Waals surface area (Å²) in [5.41, 5.74) is 0.849. The number of carbonyl (C=O) groups is 1. The summed E-state index contributed by atoms with van der Waals surface area (Å²) in [5.74, 6) is 0.0327. The number of hydrogen-bond acceptors (Lipinski definition) is 3. The minimum Gasteiger partial charge on any atom is -0.376 e. The van der Waals surface area contributed by atoms with E-state index in [9.17, 15) is 4.79 Å². The number of morpholine rings is 1. The third kappa shape index (κ3) is 4.22. The van der Waals surface area contributed by atoms with Gasteiger partial charge in [0.15, 0.2) is 0 Å². The minimum atomic E-state index is 0.0327. The monoisotopic (exact) mass is 360 g/mol. The van der Waals surface area contributed by atoms with Gasteiger partial charge < -0.3 is 10.1 Å². The molecule has 1 fully saturated rings. The van der Waals surface area contributed by atoms with Crippen LogP contribution < -0.4 is 5.32 Å². The molecule has 0 bridgehead atoms. The summed E-state index contributed by atoms with van der Waals surface area (Å²) >= 11 is 2.24. The van der Waals surface area contributed by atoms with Gasteiger partial charge >= 0.3 is 0 Å². The molecule has 1 heterocycles. The second-order valence-corrected chi connectivity index (χ2v) is 5.72. The predicted molar refractivity (Wildman–Crippen MR) is 79.6 cm³/mol. The predicted octanol–water partition coefficient (Wildman–Crippen LogP) is 1.95. The molecule has 0 aliphatic carbocycles. The molecule has 0 spiro atoms.